The summed E-state index contributed by atoms with van der Waals surface area (Å²) in [6.45, 7) is 1.48. The van der Waals surface area contributed by atoms with Crippen LogP contribution in [0.15, 0.2) is 24.5 Å². The van der Waals surface area contributed by atoms with Crippen LogP contribution >= 0.6 is 0 Å². The summed E-state index contributed by atoms with van der Waals surface area (Å²) in [6.07, 6.45) is 9.84. The van der Waals surface area contributed by atoms with Crippen LogP contribution in [0.25, 0.3) is 0 Å². The van der Waals surface area contributed by atoms with Gasteiger partial charge in [0.15, 0.2) is 0 Å². The Kier molecular flexibility index (Phi) is 3.78. The van der Waals surface area contributed by atoms with Gasteiger partial charge in [0.25, 0.3) is 0 Å². The maximum absolute atomic E-state index is 5.91. The second kappa shape index (κ2) is 5.30. The first-order chi connectivity index (χ1) is 7.85. The molecule has 1 heterocycles. The average Bonchev–Trinajstić information content (AvgIpc) is 2.39. The van der Waals surface area contributed by atoms with Gasteiger partial charge in [-0.1, -0.05) is 19.3 Å². The number of nitrogens with two attached hydrogens (primary N) is 1. The molecule has 1 aromatic rings. The Morgan fingerprint density at radius 2 is 1.88 bits per heavy atom. The van der Waals surface area contributed by atoms with Crippen LogP contribution in [0.3, 0.4) is 0 Å². The number of nitrogens with zero attached hydrogens (tertiary/aromatic N) is 1. The molecular weight excluding hydrogens is 200 g/mol. The van der Waals surface area contributed by atoms with Crippen LogP contribution in [-0.2, 0) is 0 Å². The lowest BCUT2D eigenvalue weighted by molar-refractivity contribution is 0.105. The van der Waals surface area contributed by atoms with E-state index in [1.165, 1.54) is 32.1 Å². The third-order valence-corrected chi connectivity index (χ3v) is 3.54. The summed E-state index contributed by atoms with van der Waals surface area (Å²) in [7, 11) is 0. The first-order valence-corrected chi connectivity index (χ1v) is 6.08. The smallest absolute Gasteiger partial charge is 0.122 e. The van der Waals surface area contributed by atoms with Crippen molar-refractivity contribution in [3.63, 3.8) is 0 Å². The van der Waals surface area contributed by atoms with Gasteiger partial charge in [-0.15, -0.1) is 0 Å². The summed E-state index contributed by atoms with van der Waals surface area (Å²) in [4.78, 5) is 3.97. The average molecular weight is 220 g/mol. The standard InChI is InChI=1S/C13H20N2O/c14-10-13(6-2-1-3-7-13)11-16-12-4-8-15-9-5-12/h4-5,8-9H,1-3,6-7,10-11,14H2. The zero-order valence-corrected chi connectivity index (χ0v) is 9.69. The summed E-state index contributed by atoms with van der Waals surface area (Å²) < 4.78 is 5.82. The Balaban J connectivity index is 1.92. The molecule has 1 aliphatic rings. The molecule has 0 unspecified atom stereocenters. The monoisotopic (exact) mass is 220 g/mol. The minimum atomic E-state index is 0.210. The van der Waals surface area contributed by atoms with Crippen molar-refractivity contribution in [1.29, 1.82) is 0 Å². The Morgan fingerprint density at radius 3 is 2.50 bits per heavy atom. The fourth-order valence-corrected chi connectivity index (χ4v) is 2.38. The molecule has 1 aliphatic carbocycles. The highest BCUT2D eigenvalue weighted by Crippen LogP contribution is 2.35. The molecule has 0 bridgehead atoms. The van der Waals surface area contributed by atoms with E-state index in [9.17, 15) is 0 Å². The van der Waals surface area contributed by atoms with E-state index < -0.39 is 0 Å². The molecule has 3 heteroatoms. The van der Waals surface area contributed by atoms with Crippen LogP contribution in [0, 0.1) is 5.41 Å². The van der Waals surface area contributed by atoms with E-state index in [1.54, 1.807) is 12.4 Å². The largest absolute Gasteiger partial charge is 0.493 e. The fourth-order valence-electron chi connectivity index (χ4n) is 2.38. The SMILES string of the molecule is NCC1(COc2ccncc2)CCCCC1. The van der Waals surface area contributed by atoms with Gasteiger partial charge in [0.1, 0.15) is 5.75 Å². The maximum atomic E-state index is 5.91. The van der Waals surface area contributed by atoms with Crippen molar-refractivity contribution in [3.05, 3.63) is 24.5 Å². The van der Waals surface area contributed by atoms with Gasteiger partial charge in [-0.3, -0.25) is 4.98 Å². The lowest BCUT2D eigenvalue weighted by atomic mass is 9.75. The Labute approximate surface area is 97.0 Å². The van der Waals surface area contributed by atoms with Gasteiger partial charge in [0, 0.05) is 24.4 Å². The van der Waals surface area contributed by atoms with Crippen molar-refractivity contribution in [2.24, 2.45) is 11.1 Å². The van der Waals surface area contributed by atoms with E-state index in [0.717, 1.165) is 18.9 Å². The molecule has 88 valence electrons. The van der Waals surface area contributed by atoms with E-state index in [2.05, 4.69) is 4.98 Å². The molecule has 0 spiro atoms. The zero-order chi connectivity index (χ0) is 11.3. The molecule has 1 aromatic heterocycles. The summed E-state index contributed by atoms with van der Waals surface area (Å²) in [6, 6.07) is 3.79. The first kappa shape index (κ1) is 11.4. The van der Waals surface area contributed by atoms with E-state index >= 15 is 0 Å². The number of aromatic nitrogens is 1. The fraction of sp³-hybridized carbons (Fsp3) is 0.615. The van der Waals surface area contributed by atoms with E-state index in [0.29, 0.717) is 0 Å². The van der Waals surface area contributed by atoms with Gasteiger partial charge in [-0.05, 0) is 25.0 Å². The predicted octanol–water partition coefficient (Wildman–Crippen LogP) is 2.37. The Morgan fingerprint density at radius 1 is 1.19 bits per heavy atom. The predicted molar refractivity (Wildman–Crippen MR) is 64.3 cm³/mol. The number of hydrogen-bond acceptors (Lipinski definition) is 3. The van der Waals surface area contributed by atoms with Gasteiger partial charge in [0.2, 0.25) is 0 Å². The van der Waals surface area contributed by atoms with Gasteiger partial charge in [-0.2, -0.15) is 0 Å². The van der Waals surface area contributed by atoms with Crippen LogP contribution in [0.1, 0.15) is 32.1 Å². The normalized spacial score (nSPS) is 19.3. The van der Waals surface area contributed by atoms with Crippen molar-refractivity contribution < 1.29 is 4.74 Å². The molecule has 0 atom stereocenters. The van der Waals surface area contributed by atoms with Crippen molar-refractivity contribution in [1.82, 2.24) is 4.98 Å². The van der Waals surface area contributed by atoms with E-state index in [-0.39, 0.29) is 5.41 Å². The number of pyridine rings is 1. The van der Waals surface area contributed by atoms with Crippen LogP contribution < -0.4 is 10.5 Å². The Bertz CT molecular complexity index is 307. The van der Waals surface area contributed by atoms with Gasteiger partial charge < -0.3 is 10.5 Å². The molecule has 1 fully saturated rings. The highest BCUT2D eigenvalue weighted by Gasteiger charge is 2.31. The lowest BCUT2D eigenvalue weighted by Gasteiger charge is -2.35. The zero-order valence-electron chi connectivity index (χ0n) is 9.69. The lowest BCUT2D eigenvalue weighted by Crippen LogP contribution is -2.38. The highest BCUT2D eigenvalue weighted by molar-refractivity contribution is 5.16. The van der Waals surface area contributed by atoms with E-state index in [1.807, 2.05) is 12.1 Å². The van der Waals surface area contributed by atoms with Crippen LogP contribution in [0.2, 0.25) is 0 Å². The topological polar surface area (TPSA) is 48.1 Å². The summed E-state index contributed by atoms with van der Waals surface area (Å²) in [5.41, 5.74) is 6.12. The van der Waals surface area contributed by atoms with Crippen LogP contribution in [-0.4, -0.2) is 18.1 Å². The van der Waals surface area contributed by atoms with E-state index in [4.69, 9.17) is 10.5 Å². The minimum Gasteiger partial charge on any atom is -0.493 e. The Hall–Kier alpha value is -1.09. The van der Waals surface area contributed by atoms with Crippen molar-refractivity contribution in [2.45, 2.75) is 32.1 Å². The summed E-state index contributed by atoms with van der Waals surface area (Å²) in [5.74, 6) is 0.897. The molecule has 0 amide bonds. The van der Waals surface area contributed by atoms with Gasteiger partial charge in [-0.25, -0.2) is 0 Å². The molecule has 0 aromatic carbocycles. The number of ether oxygens (including phenoxy) is 1. The van der Waals surface area contributed by atoms with Crippen LogP contribution in [0.5, 0.6) is 5.75 Å². The maximum Gasteiger partial charge on any atom is 0.122 e. The summed E-state index contributed by atoms with van der Waals surface area (Å²) in [5, 5.41) is 0. The molecule has 0 aliphatic heterocycles. The molecular formula is C13H20N2O. The van der Waals surface area contributed by atoms with Crippen molar-refractivity contribution in [2.75, 3.05) is 13.2 Å². The number of hydrogen-bond donors (Lipinski definition) is 1. The molecule has 0 radical (unpaired) electrons. The molecule has 16 heavy (non-hydrogen) atoms. The minimum absolute atomic E-state index is 0.210. The third-order valence-electron chi connectivity index (χ3n) is 3.54. The molecule has 1 saturated carbocycles. The quantitative estimate of drug-likeness (QED) is 0.847. The van der Waals surface area contributed by atoms with Crippen molar-refractivity contribution in [3.8, 4) is 5.75 Å². The van der Waals surface area contributed by atoms with Gasteiger partial charge >= 0.3 is 0 Å². The molecule has 3 nitrogen and oxygen atoms in total. The highest BCUT2D eigenvalue weighted by atomic mass is 16.5. The molecule has 0 saturated heterocycles. The number of rotatable bonds is 4. The third kappa shape index (κ3) is 2.73. The summed E-state index contributed by atoms with van der Waals surface area (Å²) >= 11 is 0. The second-order valence-corrected chi connectivity index (χ2v) is 4.74. The first-order valence-electron chi connectivity index (χ1n) is 6.08. The molecule has 2 rings (SSSR count). The van der Waals surface area contributed by atoms with Crippen molar-refractivity contribution >= 4 is 0 Å². The van der Waals surface area contributed by atoms with Gasteiger partial charge in [0.05, 0.1) is 6.61 Å². The molecule has 2 N–H and O–H groups in total. The van der Waals surface area contributed by atoms with Crippen LogP contribution in [0.4, 0.5) is 0 Å². The second-order valence-electron chi connectivity index (χ2n) is 4.74.